The van der Waals surface area contributed by atoms with Crippen molar-refractivity contribution in [1.29, 1.82) is 0 Å². The fourth-order valence-electron chi connectivity index (χ4n) is 3.84. The lowest BCUT2D eigenvalue weighted by Crippen LogP contribution is -2.47. The van der Waals surface area contributed by atoms with E-state index in [9.17, 15) is 0 Å². The predicted octanol–water partition coefficient (Wildman–Crippen LogP) is 3.30. The highest BCUT2D eigenvalue weighted by Gasteiger charge is 2.27. The highest BCUT2D eigenvalue weighted by Crippen LogP contribution is 2.24. The van der Waals surface area contributed by atoms with Crippen LogP contribution in [-0.2, 0) is 6.54 Å². The van der Waals surface area contributed by atoms with Crippen molar-refractivity contribution in [1.82, 2.24) is 19.8 Å². The van der Waals surface area contributed by atoms with Gasteiger partial charge in [0.2, 0.25) is 0 Å². The van der Waals surface area contributed by atoms with E-state index in [-0.39, 0.29) is 0 Å². The lowest BCUT2D eigenvalue weighted by Gasteiger charge is -2.41. The molecule has 3 rings (SSSR count). The molecule has 0 unspecified atom stereocenters. The van der Waals surface area contributed by atoms with Gasteiger partial charge in [0.25, 0.3) is 0 Å². The van der Waals surface area contributed by atoms with Gasteiger partial charge in [-0.1, -0.05) is 20.8 Å². The molecule has 0 spiro atoms. The summed E-state index contributed by atoms with van der Waals surface area (Å²) >= 11 is 0. The minimum atomic E-state index is 0.409. The molecule has 3 heterocycles. The number of likely N-dealkylation sites (tertiary alicyclic amines) is 2. The molecule has 0 aliphatic carbocycles. The summed E-state index contributed by atoms with van der Waals surface area (Å²) in [7, 11) is 0. The smallest absolute Gasteiger partial charge is 0.130 e. The van der Waals surface area contributed by atoms with Crippen LogP contribution >= 0.6 is 0 Å². The molecule has 128 valence electrons. The van der Waals surface area contributed by atoms with E-state index in [2.05, 4.69) is 40.5 Å². The number of aromatic nitrogens is 2. The highest BCUT2D eigenvalue weighted by atomic mass is 15.2. The summed E-state index contributed by atoms with van der Waals surface area (Å²) in [6, 6.07) is 0.818. The lowest BCUT2D eigenvalue weighted by molar-refractivity contribution is 0.0778. The normalized spacial score (nSPS) is 22.8. The van der Waals surface area contributed by atoms with Crippen molar-refractivity contribution in [3.8, 4) is 0 Å². The average Bonchev–Trinajstić information content (AvgIpc) is 2.57. The maximum Gasteiger partial charge on any atom is 0.130 e. The van der Waals surface area contributed by atoms with Crippen molar-refractivity contribution >= 4 is 0 Å². The van der Waals surface area contributed by atoms with Crippen LogP contribution < -0.4 is 0 Å². The number of nitrogens with zero attached hydrogens (tertiary/aromatic N) is 4. The van der Waals surface area contributed by atoms with E-state index in [1.165, 1.54) is 57.4 Å². The second-order valence-electron chi connectivity index (χ2n) is 7.83. The summed E-state index contributed by atoms with van der Waals surface area (Å²) < 4.78 is 0. The van der Waals surface area contributed by atoms with Crippen LogP contribution in [0.4, 0.5) is 0 Å². The molecule has 0 bridgehead atoms. The molecule has 0 radical (unpaired) electrons. The molecular formula is C19H32N4. The Labute approximate surface area is 141 Å². The van der Waals surface area contributed by atoms with Crippen LogP contribution in [-0.4, -0.2) is 52.0 Å². The molecule has 0 N–H and O–H groups in total. The minimum Gasteiger partial charge on any atom is -0.300 e. The summed E-state index contributed by atoms with van der Waals surface area (Å²) in [4.78, 5) is 14.3. The molecule has 4 heteroatoms. The zero-order valence-corrected chi connectivity index (χ0v) is 15.0. The van der Waals surface area contributed by atoms with Gasteiger partial charge < -0.3 is 4.90 Å². The van der Waals surface area contributed by atoms with E-state index in [4.69, 9.17) is 0 Å². The fourth-order valence-corrected chi connectivity index (χ4v) is 3.84. The predicted molar refractivity (Wildman–Crippen MR) is 94.4 cm³/mol. The Kier molecular flexibility index (Phi) is 5.65. The van der Waals surface area contributed by atoms with E-state index in [1.807, 2.05) is 12.4 Å². The third-order valence-electron chi connectivity index (χ3n) is 5.54. The molecule has 2 fully saturated rings. The van der Waals surface area contributed by atoms with Crippen LogP contribution in [0, 0.1) is 5.92 Å². The maximum atomic E-state index is 4.49. The van der Waals surface area contributed by atoms with Gasteiger partial charge in [0, 0.05) is 36.5 Å². The minimum absolute atomic E-state index is 0.409. The van der Waals surface area contributed by atoms with E-state index < -0.39 is 0 Å². The molecule has 0 saturated carbocycles. The van der Waals surface area contributed by atoms with Gasteiger partial charge in [-0.15, -0.1) is 0 Å². The molecule has 2 aliphatic heterocycles. The Bertz CT molecular complexity index is 469. The van der Waals surface area contributed by atoms with Crippen molar-refractivity contribution in [3.63, 3.8) is 0 Å². The van der Waals surface area contributed by atoms with Gasteiger partial charge in [-0.2, -0.15) is 0 Å². The molecule has 4 nitrogen and oxygen atoms in total. The van der Waals surface area contributed by atoms with Crippen LogP contribution in [0.5, 0.6) is 0 Å². The second-order valence-corrected chi connectivity index (χ2v) is 7.83. The summed E-state index contributed by atoms with van der Waals surface area (Å²) in [6.45, 7) is 12.7. The first-order chi connectivity index (χ1) is 11.1. The van der Waals surface area contributed by atoms with Gasteiger partial charge in [0.1, 0.15) is 5.82 Å². The number of hydrogen-bond donors (Lipinski definition) is 0. The van der Waals surface area contributed by atoms with Crippen molar-refractivity contribution < 1.29 is 0 Å². The van der Waals surface area contributed by atoms with Crippen LogP contribution in [0.3, 0.4) is 0 Å². The summed E-state index contributed by atoms with van der Waals surface area (Å²) in [5.74, 6) is 2.29. The second kappa shape index (κ2) is 7.71. The Balaban J connectivity index is 1.45. The quantitative estimate of drug-likeness (QED) is 0.853. The molecule has 0 amide bonds. The van der Waals surface area contributed by atoms with Crippen molar-refractivity contribution in [2.45, 2.75) is 65.0 Å². The monoisotopic (exact) mass is 316 g/mol. The highest BCUT2D eigenvalue weighted by molar-refractivity contribution is 5.07. The van der Waals surface area contributed by atoms with Crippen molar-refractivity contribution in [2.75, 3.05) is 26.2 Å². The van der Waals surface area contributed by atoms with Gasteiger partial charge >= 0.3 is 0 Å². The Morgan fingerprint density at radius 2 is 1.61 bits per heavy atom. The van der Waals surface area contributed by atoms with Crippen LogP contribution in [0.2, 0.25) is 0 Å². The van der Waals surface area contributed by atoms with E-state index in [1.54, 1.807) is 0 Å². The molecule has 23 heavy (non-hydrogen) atoms. The van der Waals surface area contributed by atoms with Gasteiger partial charge in [-0.05, 0) is 57.8 Å². The van der Waals surface area contributed by atoms with E-state index in [0.717, 1.165) is 24.3 Å². The van der Waals surface area contributed by atoms with Gasteiger partial charge in [0.05, 0.1) is 0 Å². The third-order valence-corrected chi connectivity index (χ3v) is 5.54. The zero-order chi connectivity index (χ0) is 16.2. The Morgan fingerprint density at radius 3 is 2.17 bits per heavy atom. The third kappa shape index (κ3) is 4.51. The van der Waals surface area contributed by atoms with E-state index in [0.29, 0.717) is 5.92 Å². The average molecular weight is 316 g/mol. The Morgan fingerprint density at radius 1 is 1.00 bits per heavy atom. The first-order valence-corrected chi connectivity index (χ1v) is 9.39. The topological polar surface area (TPSA) is 32.3 Å². The van der Waals surface area contributed by atoms with Crippen molar-refractivity contribution in [2.24, 2.45) is 5.92 Å². The molecule has 1 aromatic rings. The van der Waals surface area contributed by atoms with Crippen LogP contribution in [0.15, 0.2) is 12.4 Å². The van der Waals surface area contributed by atoms with E-state index >= 15 is 0 Å². The number of piperidine rings is 2. The largest absolute Gasteiger partial charge is 0.300 e. The fraction of sp³-hybridized carbons (Fsp3) is 0.789. The first-order valence-electron chi connectivity index (χ1n) is 9.39. The van der Waals surface area contributed by atoms with Gasteiger partial charge in [0.15, 0.2) is 0 Å². The molecule has 0 aromatic carbocycles. The van der Waals surface area contributed by atoms with Gasteiger partial charge in [-0.3, -0.25) is 4.90 Å². The van der Waals surface area contributed by atoms with Gasteiger partial charge in [-0.25, -0.2) is 9.97 Å². The molecular weight excluding hydrogens is 284 g/mol. The SMILES string of the molecule is CC1CCN(C2CCN(Cc3cnc(C(C)C)nc3)CC2)CC1. The number of hydrogen-bond acceptors (Lipinski definition) is 4. The molecule has 2 saturated heterocycles. The van der Waals surface area contributed by atoms with Crippen LogP contribution in [0.25, 0.3) is 0 Å². The first kappa shape index (κ1) is 16.8. The summed E-state index contributed by atoms with van der Waals surface area (Å²) in [5.41, 5.74) is 1.25. The van der Waals surface area contributed by atoms with Crippen LogP contribution in [0.1, 0.15) is 63.8 Å². The Hall–Kier alpha value is -1.00. The standard InChI is InChI=1S/C19H32N4/c1-15(2)19-20-12-17(13-21-19)14-22-8-6-18(7-9-22)23-10-4-16(3)5-11-23/h12-13,15-16,18H,4-11,14H2,1-3H3. The molecule has 2 aliphatic rings. The molecule has 0 atom stereocenters. The zero-order valence-electron chi connectivity index (χ0n) is 15.0. The summed E-state index contributed by atoms with van der Waals surface area (Å²) in [5, 5.41) is 0. The lowest BCUT2D eigenvalue weighted by atomic mass is 9.95. The molecule has 1 aromatic heterocycles. The van der Waals surface area contributed by atoms with Crippen molar-refractivity contribution in [3.05, 3.63) is 23.8 Å². The number of rotatable bonds is 4. The maximum absolute atomic E-state index is 4.49. The summed E-state index contributed by atoms with van der Waals surface area (Å²) in [6.07, 6.45) is 9.44.